The maximum atomic E-state index is 13.1. The number of rotatable bonds is 4. The van der Waals surface area contributed by atoms with E-state index >= 15 is 0 Å². The number of likely N-dealkylation sites (N-methyl/N-ethyl adjacent to an activating group) is 1. The maximum Gasteiger partial charge on any atom is 0.416 e. The molecule has 0 fully saturated rings. The highest BCUT2D eigenvalue weighted by Crippen LogP contribution is 2.30. The molecule has 0 aliphatic heterocycles. The van der Waals surface area contributed by atoms with Gasteiger partial charge in [-0.25, -0.2) is 4.39 Å². The average molecular weight is 261 g/mol. The summed E-state index contributed by atoms with van der Waals surface area (Å²) in [4.78, 5) is 0. The molecule has 1 rings (SSSR count). The monoisotopic (exact) mass is 261 g/mol. The third-order valence-electron chi connectivity index (χ3n) is 2.31. The molecule has 0 bridgehead atoms. The van der Waals surface area contributed by atoms with Gasteiger partial charge < -0.3 is 5.32 Å². The fraction of sp³-hybridized carbons (Fsp3) is 0.385. The zero-order chi connectivity index (χ0) is 13.8. The zero-order valence-electron chi connectivity index (χ0n) is 10.2. The first kappa shape index (κ1) is 14.7. The van der Waals surface area contributed by atoms with Crippen molar-refractivity contribution in [2.24, 2.45) is 0 Å². The predicted molar refractivity (Wildman–Crippen MR) is 63.6 cm³/mol. The van der Waals surface area contributed by atoms with Gasteiger partial charge in [0.1, 0.15) is 5.82 Å². The molecule has 1 nitrogen and oxygen atoms in total. The summed E-state index contributed by atoms with van der Waals surface area (Å²) in [6.07, 6.45) is -2.98. The molecule has 0 aromatic heterocycles. The summed E-state index contributed by atoms with van der Waals surface area (Å²) in [5, 5.41) is 3.04. The van der Waals surface area contributed by atoms with Gasteiger partial charge in [-0.1, -0.05) is 18.6 Å². The molecular weight excluding hydrogens is 246 g/mol. The van der Waals surface area contributed by atoms with Crippen molar-refractivity contribution in [3.8, 4) is 0 Å². The number of alkyl halides is 3. The lowest BCUT2D eigenvalue weighted by Gasteiger charge is -2.08. The molecule has 0 radical (unpaired) electrons. The number of benzene rings is 1. The molecule has 5 heteroatoms. The van der Waals surface area contributed by atoms with Crippen LogP contribution in [0.1, 0.15) is 25.0 Å². The Bertz CT molecular complexity index is 435. The fourth-order valence-electron chi connectivity index (χ4n) is 1.52. The van der Waals surface area contributed by atoms with Crippen LogP contribution in [-0.4, -0.2) is 13.1 Å². The van der Waals surface area contributed by atoms with Crippen molar-refractivity contribution in [2.45, 2.75) is 20.0 Å². The predicted octanol–water partition coefficient (Wildman–Crippen LogP) is 3.86. The minimum atomic E-state index is -4.53. The summed E-state index contributed by atoms with van der Waals surface area (Å²) < 4.78 is 50.6. The number of nitrogens with one attached hydrogen (secondary N) is 1. The molecule has 0 saturated heterocycles. The molecule has 0 saturated carbocycles. The molecule has 0 unspecified atom stereocenters. The average Bonchev–Trinajstić information content (AvgIpc) is 2.24. The molecular formula is C13H15F4N. The minimum absolute atomic E-state index is 0.220. The second-order valence-corrected chi connectivity index (χ2v) is 4.04. The van der Waals surface area contributed by atoms with Gasteiger partial charge >= 0.3 is 6.18 Å². The van der Waals surface area contributed by atoms with E-state index in [1.807, 2.05) is 6.92 Å². The van der Waals surface area contributed by atoms with Gasteiger partial charge in [0.15, 0.2) is 0 Å². The first-order valence-electron chi connectivity index (χ1n) is 5.58. The Hall–Kier alpha value is -1.36. The first-order valence-corrected chi connectivity index (χ1v) is 5.58. The van der Waals surface area contributed by atoms with Gasteiger partial charge in [-0.2, -0.15) is 13.2 Å². The molecule has 0 aliphatic carbocycles. The van der Waals surface area contributed by atoms with E-state index in [-0.39, 0.29) is 5.56 Å². The highest BCUT2D eigenvalue weighted by atomic mass is 19.4. The second-order valence-electron chi connectivity index (χ2n) is 4.04. The standard InChI is InChI=1S/C13H15F4N/c1-3-18-8-9(2)4-10-5-11(13(15,16)17)7-12(14)6-10/h4-7,18H,3,8H2,1-2H3/b9-4+. The second kappa shape index (κ2) is 6.00. The van der Waals surface area contributed by atoms with Crippen molar-refractivity contribution in [1.29, 1.82) is 0 Å². The number of hydrogen-bond acceptors (Lipinski definition) is 1. The fourth-order valence-corrected chi connectivity index (χ4v) is 1.52. The molecule has 0 spiro atoms. The van der Waals surface area contributed by atoms with Crippen LogP contribution in [0.2, 0.25) is 0 Å². The summed E-state index contributed by atoms with van der Waals surface area (Å²) in [7, 11) is 0. The van der Waals surface area contributed by atoms with Gasteiger partial charge in [0.25, 0.3) is 0 Å². The van der Waals surface area contributed by atoms with Gasteiger partial charge in [0.05, 0.1) is 5.56 Å². The Kier molecular flexibility index (Phi) is 4.90. The van der Waals surface area contributed by atoms with Crippen molar-refractivity contribution in [3.63, 3.8) is 0 Å². The summed E-state index contributed by atoms with van der Waals surface area (Å²) in [6.45, 7) is 5.04. The van der Waals surface area contributed by atoms with Crippen LogP contribution in [0.15, 0.2) is 23.8 Å². The van der Waals surface area contributed by atoms with E-state index in [1.165, 1.54) is 0 Å². The van der Waals surface area contributed by atoms with E-state index in [1.54, 1.807) is 13.0 Å². The van der Waals surface area contributed by atoms with Crippen LogP contribution >= 0.6 is 0 Å². The minimum Gasteiger partial charge on any atom is -0.313 e. The molecule has 0 atom stereocenters. The zero-order valence-corrected chi connectivity index (χ0v) is 10.2. The number of halogens is 4. The van der Waals surface area contributed by atoms with Crippen LogP contribution < -0.4 is 5.32 Å². The Labute approximate surface area is 104 Å². The molecule has 1 aromatic rings. The van der Waals surface area contributed by atoms with E-state index in [2.05, 4.69) is 5.32 Å². The smallest absolute Gasteiger partial charge is 0.313 e. The highest BCUT2D eigenvalue weighted by molar-refractivity contribution is 5.54. The Morgan fingerprint density at radius 1 is 1.28 bits per heavy atom. The molecule has 0 amide bonds. The third-order valence-corrected chi connectivity index (χ3v) is 2.31. The van der Waals surface area contributed by atoms with Gasteiger partial charge in [-0.15, -0.1) is 0 Å². The summed E-state index contributed by atoms with van der Waals surface area (Å²) >= 11 is 0. The van der Waals surface area contributed by atoms with E-state index in [9.17, 15) is 17.6 Å². The van der Waals surface area contributed by atoms with Crippen molar-refractivity contribution in [2.75, 3.05) is 13.1 Å². The lowest BCUT2D eigenvalue weighted by Crippen LogP contribution is -2.14. The van der Waals surface area contributed by atoms with Crippen molar-refractivity contribution in [3.05, 3.63) is 40.7 Å². The molecule has 1 aromatic carbocycles. The van der Waals surface area contributed by atoms with Gasteiger partial charge in [-0.3, -0.25) is 0 Å². The Balaban J connectivity index is 3.00. The molecule has 1 N–H and O–H groups in total. The van der Waals surface area contributed by atoms with E-state index in [4.69, 9.17) is 0 Å². The topological polar surface area (TPSA) is 12.0 Å². The molecule has 100 valence electrons. The Morgan fingerprint density at radius 3 is 2.50 bits per heavy atom. The van der Waals surface area contributed by atoms with Crippen molar-refractivity contribution >= 4 is 6.08 Å². The summed E-state index contributed by atoms with van der Waals surface area (Å²) in [5.74, 6) is -0.882. The number of hydrogen-bond donors (Lipinski definition) is 1. The van der Waals surface area contributed by atoms with Crippen LogP contribution in [0.5, 0.6) is 0 Å². The largest absolute Gasteiger partial charge is 0.416 e. The van der Waals surface area contributed by atoms with Crippen LogP contribution in [0.25, 0.3) is 6.08 Å². The van der Waals surface area contributed by atoms with Gasteiger partial charge in [0.2, 0.25) is 0 Å². The molecule has 0 aliphatic rings. The van der Waals surface area contributed by atoms with Crippen molar-refractivity contribution < 1.29 is 17.6 Å². The van der Waals surface area contributed by atoms with E-state index in [0.717, 1.165) is 24.3 Å². The van der Waals surface area contributed by atoms with Crippen molar-refractivity contribution in [1.82, 2.24) is 5.32 Å². The molecule has 0 heterocycles. The summed E-state index contributed by atoms with van der Waals surface area (Å²) in [6, 6.07) is 2.53. The van der Waals surface area contributed by atoms with Gasteiger partial charge in [0, 0.05) is 6.54 Å². The summed E-state index contributed by atoms with van der Waals surface area (Å²) in [5.41, 5.74) is 0.0957. The quantitative estimate of drug-likeness (QED) is 0.811. The lowest BCUT2D eigenvalue weighted by atomic mass is 10.1. The van der Waals surface area contributed by atoms with Crippen LogP contribution in [-0.2, 0) is 6.18 Å². The Morgan fingerprint density at radius 2 is 1.94 bits per heavy atom. The maximum absolute atomic E-state index is 13.1. The molecule has 18 heavy (non-hydrogen) atoms. The lowest BCUT2D eigenvalue weighted by molar-refractivity contribution is -0.137. The first-order chi connectivity index (χ1) is 8.32. The van der Waals surface area contributed by atoms with E-state index < -0.39 is 17.6 Å². The third kappa shape index (κ3) is 4.49. The van der Waals surface area contributed by atoms with Gasteiger partial charge in [-0.05, 0) is 37.2 Å². The van der Waals surface area contributed by atoms with E-state index in [0.29, 0.717) is 12.6 Å². The van der Waals surface area contributed by atoms with Crippen LogP contribution in [0.3, 0.4) is 0 Å². The highest BCUT2D eigenvalue weighted by Gasteiger charge is 2.31. The normalized spacial score (nSPS) is 12.9. The van der Waals surface area contributed by atoms with Crippen LogP contribution in [0.4, 0.5) is 17.6 Å². The SMILES string of the molecule is CCNC/C(C)=C/c1cc(F)cc(C(F)(F)F)c1. The van der Waals surface area contributed by atoms with Crippen LogP contribution in [0, 0.1) is 5.82 Å².